The molecule has 0 aromatic carbocycles. The minimum atomic E-state index is 0.654. The molecule has 1 heterocycles. The summed E-state index contributed by atoms with van der Waals surface area (Å²) >= 11 is 1.81. The first-order chi connectivity index (χ1) is 5.11. The molecule has 0 fully saturated rings. The second kappa shape index (κ2) is 3.35. The lowest BCUT2D eigenvalue weighted by atomic mass is 9.97. The van der Waals surface area contributed by atoms with Crippen molar-refractivity contribution >= 4 is 11.3 Å². The molecule has 1 aromatic heterocycles. The van der Waals surface area contributed by atoms with E-state index < -0.39 is 0 Å². The zero-order chi connectivity index (χ0) is 8.43. The number of aryl methyl sites for hydroxylation is 1. The Labute approximate surface area is 72.5 Å². The molecule has 1 aromatic rings. The summed E-state index contributed by atoms with van der Waals surface area (Å²) in [5.41, 5.74) is 0. The van der Waals surface area contributed by atoms with Gasteiger partial charge in [0.15, 0.2) is 0 Å². The topological polar surface area (TPSA) is 12.9 Å². The van der Waals surface area contributed by atoms with Crippen LogP contribution >= 0.6 is 11.3 Å². The van der Waals surface area contributed by atoms with Crippen LogP contribution in [0.3, 0.4) is 0 Å². The van der Waals surface area contributed by atoms with E-state index in [1.165, 1.54) is 9.88 Å². The maximum atomic E-state index is 4.24. The summed E-state index contributed by atoms with van der Waals surface area (Å²) in [5.74, 6) is 1.37. The second-order valence-electron chi connectivity index (χ2n) is 3.31. The molecule has 0 unspecified atom stereocenters. The van der Waals surface area contributed by atoms with Gasteiger partial charge in [0, 0.05) is 11.1 Å². The molecule has 1 rings (SSSR count). The van der Waals surface area contributed by atoms with Crippen LogP contribution in [0.1, 0.15) is 36.6 Å². The fourth-order valence-electron chi connectivity index (χ4n) is 0.917. The molecule has 11 heavy (non-hydrogen) atoms. The van der Waals surface area contributed by atoms with E-state index in [0.717, 1.165) is 5.92 Å². The standard InChI is InChI=1S/C9H15NS/c1-6(2)7(3)9-5-10-8(4)11-9/h5-7H,1-4H3/t7-/m0/s1. The fraction of sp³-hybridized carbons (Fsp3) is 0.667. The molecule has 2 heteroatoms. The minimum Gasteiger partial charge on any atom is -0.250 e. The second-order valence-corrected chi connectivity index (χ2v) is 4.58. The van der Waals surface area contributed by atoms with E-state index in [1.54, 1.807) is 0 Å². The minimum absolute atomic E-state index is 0.654. The average Bonchev–Trinajstić information content (AvgIpc) is 2.34. The van der Waals surface area contributed by atoms with Gasteiger partial charge in [-0.25, -0.2) is 4.98 Å². The first kappa shape index (κ1) is 8.72. The Kier molecular flexibility index (Phi) is 2.66. The van der Waals surface area contributed by atoms with Crippen molar-refractivity contribution in [1.82, 2.24) is 4.98 Å². The van der Waals surface area contributed by atoms with Crippen molar-refractivity contribution in [1.29, 1.82) is 0 Å². The van der Waals surface area contributed by atoms with Gasteiger partial charge in [0.25, 0.3) is 0 Å². The van der Waals surface area contributed by atoms with Gasteiger partial charge < -0.3 is 0 Å². The van der Waals surface area contributed by atoms with Crippen LogP contribution in [0, 0.1) is 12.8 Å². The van der Waals surface area contributed by atoms with Crippen molar-refractivity contribution < 1.29 is 0 Å². The third-order valence-electron chi connectivity index (χ3n) is 2.09. The molecule has 1 atom stereocenters. The molecule has 0 bridgehead atoms. The van der Waals surface area contributed by atoms with E-state index in [4.69, 9.17) is 0 Å². The summed E-state index contributed by atoms with van der Waals surface area (Å²) in [6, 6.07) is 0. The van der Waals surface area contributed by atoms with Crippen molar-refractivity contribution in [2.45, 2.75) is 33.6 Å². The zero-order valence-electron chi connectivity index (χ0n) is 7.59. The lowest BCUT2D eigenvalue weighted by molar-refractivity contribution is 0.541. The molecule has 0 aliphatic rings. The highest BCUT2D eigenvalue weighted by Gasteiger charge is 2.11. The van der Waals surface area contributed by atoms with Gasteiger partial charge in [0.05, 0.1) is 5.01 Å². The molecular formula is C9H15NS. The average molecular weight is 169 g/mol. The molecule has 1 nitrogen and oxygen atoms in total. The third kappa shape index (κ3) is 2.03. The van der Waals surface area contributed by atoms with E-state index in [2.05, 4.69) is 32.7 Å². The highest BCUT2D eigenvalue weighted by Crippen LogP contribution is 2.27. The van der Waals surface area contributed by atoms with Crippen LogP contribution < -0.4 is 0 Å². The first-order valence-corrected chi connectivity index (χ1v) is 4.85. The molecule has 0 amide bonds. The molecular weight excluding hydrogens is 154 g/mol. The van der Waals surface area contributed by atoms with E-state index in [-0.39, 0.29) is 0 Å². The van der Waals surface area contributed by atoms with Gasteiger partial charge in [0.2, 0.25) is 0 Å². The summed E-state index contributed by atoms with van der Waals surface area (Å²) in [6.07, 6.45) is 2.00. The predicted molar refractivity (Wildman–Crippen MR) is 50.1 cm³/mol. The SMILES string of the molecule is Cc1ncc([C@@H](C)C(C)C)s1. The van der Waals surface area contributed by atoms with E-state index >= 15 is 0 Å². The summed E-state index contributed by atoms with van der Waals surface area (Å²) < 4.78 is 0. The Morgan fingerprint density at radius 3 is 2.36 bits per heavy atom. The highest BCUT2D eigenvalue weighted by molar-refractivity contribution is 7.11. The van der Waals surface area contributed by atoms with Crippen LogP contribution in [-0.2, 0) is 0 Å². The number of hydrogen-bond donors (Lipinski definition) is 0. The zero-order valence-corrected chi connectivity index (χ0v) is 8.40. The lowest BCUT2D eigenvalue weighted by Crippen LogP contribution is -1.98. The van der Waals surface area contributed by atoms with Crippen LogP contribution in [0.15, 0.2) is 6.20 Å². The van der Waals surface area contributed by atoms with Gasteiger partial charge in [-0.2, -0.15) is 0 Å². The van der Waals surface area contributed by atoms with Crippen LogP contribution in [0.25, 0.3) is 0 Å². The number of thiazole rings is 1. The van der Waals surface area contributed by atoms with Crippen molar-refractivity contribution in [3.63, 3.8) is 0 Å². The molecule has 0 aliphatic heterocycles. The lowest BCUT2D eigenvalue weighted by Gasteiger charge is -2.11. The first-order valence-electron chi connectivity index (χ1n) is 4.03. The summed E-state index contributed by atoms with van der Waals surface area (Å²) in [6.45, 7) is 8.82. The largest absolute Gasteiger partial charge is 0.250 e. The van der Waals surface area contributed by atoms with E-state index in [9.17, 15) is 0 Å². The maximum absolute atomic E-state index is 4.24. The summed E-state index contributed by atoms with van der Waals surface area (Å²) in [4.78, 5) is 5.65. The number of hydrogen-bond acceptors (Lipinski definition) is 2. The number of aromatic nitrogens is 1. The van der Waals surface area contributed by atoms with Crippen LogP contribution in [0.5, 0.6) is 0 Å². The third-order valence-corrected chi connectivity index (χ3v) is 3.20. The molecule has 0 N–H and O–H groups in total. The van der Waals surface area contributed by atoms with Gasteiger partial charge in [-0.15, -0.1) is 11.3 Å². The summed E-state index contributed by atoms with van der Waals surface area (Å²) in [5, 5.41) is 1.17. The van der Waals surface area contributed by atoms with Crippen LogP contribution in [0.2, 0.25) is 0 Å². The van der Waals surface area contributed by atoms with Gasteiger partial charge in [-0.1, -0.05) is 20.8 Å². The Balaban J connectivity index is 2.76. The molecule has 62 valence electrons. The van der Waals surface area contributed by atoms with Gasteiger partial charge in [0.1, 0.15) is 0 Å². The van der Waals surface area contributed by atoms with E-state index in [1.807, 2.05) is 17.5 Å². The van der Waals surface area contributed by atoms with Crippen molar-refractivity contribution in [2.24, 2.45) is 5.92 Å². The van der Waals surface area contributed by atoms with Gasteiger partial charge in [-0.05, 0) is 18.8 Å². The number of nitrogens with zero attached hydrogens (tertiary/aromatic N) is 1. The molecule has 0 spiro atoms. The van der Waals surface area contributed by atoms with Crippen molar-refractivity contribution in [3.05, 3.63) is 16.1 Å². The van der Waals surface area contributed by atoms with Crippen LogP contribution in [0.4, 0.5) is 0 Å². The quantitative estimate of drug-likeness (QED) is 0.662. The Morgan fingerprint density at radius 2 is 2.00 bits per heavy atom. The van der Waals surface area contributed by atoms with E-state index in [0.29, 0.717) is 5.92 Å². The molecule has 0 radical (unpaired) electrons. The Bertz CT molecular complexity index is 227. The fourth-order valence-corrected chi connectivity index (χ4v) is 1.93. The predicted octanol–water partition coefficient (Wildman–Crippen LogP) is 3.21. The normalized spacial score (nSPS) is 13.9. The van der Waals surface area contributed by atoms with Crippen molar-refractivity contribution in [2.75, 3.05) is 0 Å². The Hall–Kier alpha value is -0.370. The highest BCUT2D eigenvalue weighted by atomic mass is 32.1. The van der Waals surface area contributed by atoms with Crippen molar-refractivity contribution in [3.8, 4) is 0 Å². The van der Waals surface area contributed by atoms with Crippen LogP contribution in [-0.4, -0.2) is 4.98 Å². The van der Waals surface area contributed by atoms with Gasteiger partial charge >= 0.3 is 0 Å². The number of rotatable bonds is 2. The molecule has 0 saturated heterocycles. The monoisotopic (exact) mass is 169 g/mol. The smallest absolute Gasteiger partial charge is 0.0896 e. The maximum Gasteiger partial charge on any atom is 0.0896 e. The van der Waals surface area contributed by atoms with Gasteiger partial charge in [-0.3, -0.25) is 0 Å². The molecule has 0 aliphatic carbocycles. The molecule has 0 saturated carbocycles. The summed E-state index contributed by atoms with van der Waals surface area (Å²) in [7, 11) is 0. The Morgan fingerprint density at radius 1 is 1.36 bits per heavy atom.